The lowest BCUT2D eigenvalue weighted by Gasteiger charge is -2.21. The normalized spacial score (nSPS) is 13.4. The van der Waals surface area contributed by atoms with Gasteiger partial charge >= 0.3 is 11.9 Å². The average Bonchev–Trinajstić information content (AvgIpc) is 3.34. The molecule has 4 N–H and O–H groups in total. The maximum absolute atomic E-state index is 13.8. The third kappa shape index (κ3) is 8.14. The molecule has 2 heterocycles. The second-order valence-electron chi connectivity index (χ2n) is 10.8. The van der Waals surface area contributed by atoms with E-state index in [2.05, 4.69) is 5.32 Å². The Bertz CT molecular complexity index is 1630. The molecule has 2 unspecified atom stereocenters. The number of halogens is 3. The number of aromatic nitrogens is 4. The van der Waals surface area contributed by atoms with E-state index in [1.54, 1.807) is 17.6 Å². The number of aliphatic hydroxyl groups is 1. The van der Waals surface area contributed by atoms with Gasteiger partial charge < -0.3 is 15.4 Å². The lowest BCUT2D eigenvalue weighted by molar-refractivity contribution is -0.137. The summed E-state index contributed by atoms with van der Waals surface area (Å²) in [6, 6.07) is 17.0. The fourth-order valence-electron chi connectivity index (χ4n) is 5.15. The first kappa shape index (κ1) is 32.0. The molecule has 0 saturated carbocycles. The van der Waals surface area contributed by atoms with Gasteiger partial charge in [-0.05, 0) is 55.9 Å². The third-order valence-electron chi connectivity index (χ3n) is 7.51. The first-order valence-electron chi connectivity index (χ1n) is 14.6. The summed E-state index contributed by atoms with van der Waals surface area (Å²) in [6.07, 6.45) is -4.30. The number of imidazole rings is 1. The standard InChI is InChI=1S/C31H39F3N6O3/c1-3-25(41)20-36-21(2)40-26(19-23-10-5-4-6-11-23)37-28-27(40)29(42)39(17-15-31(32,33)34)30(43)38(28)16-8-7-12-22-13-9-14-24(35)18-22/h4-6,9-11,13-14,18,21,25,36,41H,3,7-8,12,15-17,19-20,35H2,1-2H3. The summed E-state index contributed by atoms with van der Waals surface area (Å²) in [5, 5.41) is 13.4. The van der Waals surface area contributed by atoms with Gasteiger partial charge in [0, 0.05) is 31.7 Å². The number of nitrogens with one attached hydrogen (secondary N) is 1. The van der Waals surface area contributed by atoms with Crippen molar-refractivity contribution in [3.63, 3.8) is 0 Å². The van der Waals surface area contributed by atoms with Gasteiger partial charge in [-0.1, -0.05) is 49.4 Å². The highest BCUT2D eigenvalue weighted by Gasteiger charge is 2.29. The van der Waals surface area contributed by atoms with Gasteiger partial charge in [0.2, 0.25) is 0 Å². The van der Waals surface area contributed by atoms with E-state index >= 15 is 0 Å². The Morgan fingerprint density at radius 3 is 2.40 bits per heavy atom. The van der Waals surface area contributed by atoms with Crippen molar-refractivity contribution in [2.45, 2.75) is 83.9 Å². The summed E-state index contributed by atoms with van der Waals surface area (Å²) >= 11 is 0. The first-order valence-corrected chi connectivity index (χ1v) is 14.6. The summed E-state index contributed by atoms with van der Waals surface area (Å²) in [4.78, 5) is 32.1. The molecule has 0 aliphatic carbocycles. The molecule has 0 bridgehead atoms. The Morgan fingerprint density at radius 2 is 1.72 bits per heavy atom. The zero-order valence-corrected chi connectivity index (χ0v) is 24.5. The second-order valence-corrected chi connectivity index (χ2v) is 10.8. The van der Waals surface area contributed by atoms with Crippen molar-refractivity contribution in [1.82, 2.24) is 24.0 Å². The van der Waals surface area contributed by atoms with Gasteiger partial charge in [-0.3, -0.25) is 19.2 Å². The molecule has 43 heavy (non-hydrogen) atoms. The van der Waals surface area contributed by atoms with Gasteiger partial charge in [-0.2, -0.15) is 13.2 Å². The molecule has 9 nitrogen and oxygen atoms in total. The number of unbranched alkanes of at least 4 members (excludes halogenated alkanes) is 1. The Balaban J connectivity index is 1.80. The Morgan fingerprint density at radius 1 is 1.00 bits per heavy atom. The monoisotopic (exact) mass is 600 g/mol. The number of alkyl halides is 3. The SMILES string of the molecule is CCC(O)CNC(C)n1c(Cc2ccccc2)nc2c1c(=O)n(CCC(F)(F)F)c(=O)n2CCCCc1cccc(N)c1. The molecule has 2 aromatic carbocycles. The predicted octanol–water partition coefficient (Wildman–Crippen LogP) is 4.39. The number of nitrogens with two attached hydrogens (primary N) is 1. The molecule has 0 aliphatic heterocycles. The summed E-state index contributed by atoms with van der Waals surface area (Å²) in [7, 11) is 0. The minimum absolute atomic E-state index is 0.0505. The topological polar surface area (TPSA) is 120 Å². The van der Waals surface area contributed by atoms with E-state index < -0.39 is 42.7 Å². The number of benzene rings is 2. The Labute approximate surface area is 247 Å². The highest BCUT2D eigenvalue weighted by atomic mass is 19.4. The lowest BCUT2D eigenvalue weighted by atomic mass is 10.1. The molecular weight excluding hydrogens is 561 g/mol. The van der Waals surface area contributed by atoms with Crippen molar-refractivity contribution < 1.29 is 18.3 Å². The van der Waals surface area contributed by atoms with E-state index in [4.69, 9.17) is 10.7 Å². The molecule has 0 saturated heterocycles. The molecule has 0 radical (unpaired) electrons. The second kappa shape index (κ2) is 14.0. The van der Waals surface area contributed by atoms with Crippen molar-refractivity contribution in [2.24, 2.45) is 0 Å². The number of rotatable bonds is 14. The molecular formula is C31H39F3N6O3. The Hall–Kier alpha value is -3.90. The minimum Gasteiger partial charge on any atom is -0.399 e. The van der Waals surface area contributed by atoms with Crippen LogP contribution < -0.4 is 22.3 Å². The van der Waals surface area contributed by atoms with E-state index in [1.807, 2.05) is 55.5 Å². The first-order chi connectivity index (χ1) is 20.5. The van der Waals surface area contributed by atoms with Crippen LogP contribution in [-0.2, 0) is 25.9 Å². The average molecular weight is 601 g/mol. The highest BCUT2D eigenvalue weighted by molar-refractivity contribution is 5.71. The van der Waals surface area contributed by atoms with Crippen molar-refractivity contribution in [3.8, 4) is 0 Å². The number of aliphatic hydroxyl groups excluding tert-OH is 1. The molecule has 0 spiro atoms. The van der Waals surface area contributed by atoms with Gasteiger partial charge in [0.25, 0.3) is 5.56 Å². The van der Waals surface area contributed by atoms with Crippen LogP contribution in [0.3, 0.4) is 0 Å². The van der Waals surface area contributed by atoms with E-state index in [0.717, 1.165) is 11.1 Å². The summed E-state index contributed by atoms with van der Waals surface area (Å²) in [6.45, 7) is 3.24. The third-order valence-corrected chi connectivity index (χ3v) is 7.51. The van der Waals surface area contributed by atoms with Crippen LogP contribution in [-0.4, -0.2) is 42.6 Å². The molecule has 0 aliphatic rings. The highest BCUT2D eigenvalue weighted by Crippen LogP contribution is 2.22. The molecule has 2 atom stereocenters. The van der Waals surface area contributed by atoms with Crippen molar-refractivity contribution >= 4 is 16.9 Å². The smallest absolute Gasteiger partial charge is 0.390 e. The van der Waals surface area contributed by atoms with Crippen LogP contribution in [0.25, 0.3) is 11.2 Å². The lowest BCUT2D eigenvalue weighted by Crippen LogP contribution is -2.42. The van der Waals surface area contributed by atoms with E-state index in [1.165, 1.54) is 4.57 Å². The molecule has 0 amide bonds. The maximum atomic E-state index is 13.8. The van der Waals surface area contributed by atoms with Gasteiger partial charge in [0.15, 0.2) is 11.2 Å². The van der Waals surface area contributed by atoms with Crippen molar-refractivity contribution in [2.75, 3.05) is 12.3 Å². The number of nitrogens with zero attached hydrogens (tertiary/aromatic N) is 4. The van der Waals surface area contributed by atoms with E-state index in [-0.39, 0.29) is 24.3 Å². The van der Waals surface area contributed by atoms with Crippen LogP contribution in [0, 0.1) is 0 Å². The molecule has 2 aromatic heterocycles. The maximum Gasteiger partial charge on any atom is 0.390 e. The van der Waals surface area contributed by atoms with Crippen LogP contribution in [0.2, 0.25) is 0 Å². The Kier molecular flexibility index (Phi) is 10.5. The number of nitrogen functional groups attached to an aromatic ring is 1. The van der Waals surface area contributed by atoms with Crippen molar-refractivity contribution in [1.29, 1.82) is 0 Å². The minimum atomic E-state index is -4.55. The number of fused-ring (bicyclic) bond motifs is 1. The van der Waals surface area contributed by atoms with Crippen LogP contribution in [0.1, 0.15) is 62.6 Å². The number of anilines is 1. The molecule has 12 heteroatoms. The number of aryl methyl sites for hydroxylation is 2. The number of hydrogen-bond acceptors (Lipinski definition) is 6. The van der Waals surface area contributed by atoms with Gasteiger partial charge in [-0.15, -0.1) is 0 Å². The van der Waals surface area contributed by atoms with Gasteiger partial charge in [0.05, 0.1) is 18.7 Å². The van der Waals surface area contributed by atoms with E-state index in [9.17, 15) is 27.9 Å². The van der Waals surface area contributed by atoms with Gasteiger partial charge in [-0.25, -0.2) is 9.78 Å². The fraction of sp³-hybridized carbons (Fsp3) is 0.452. The van der Waals surface area contributed by atoms with Crippen LogP contribution in [0.15, 0.2) is 64.2 Å². The molecule has 232 valence electrons. The van der Waals surface area contributed by atoms with Crippen LogP contribution in [0.4, 0.5) is 18.9 Å². The summed E-state index contributed by atoms with van der Waals surface area (Å²) in [5.41, 5.74) is 7.03. The fourth-order valence-corrected chi connectivity index (χ4v) is 5.15. The largest absolute Gasteiger partial charge is 0.399 e. The van der Waals surface area contributed by atoms with Gasteiger partial charge in [0.1, 0.15) is 5.82 Å². The zero-order valence-electron chi connectivity index (χ0n) is 24.5. The summed E-state index contributed by atoms with van der Waals surface area (Å²) < 4.78 is 43.4. The van der Waals surface area contributed by atoms with E-state index in [0.29, 0.717) is 48.2 Å². The van der Waals surface area contributed by atoms with Crippen LogP contribution >= 0.6 is 0 Å². The molecule has 4 rings (SSSR count). The quantitative estimate of drug-likeness (QED) is 0.146. The molecule has 0 fully saturated rings. The summed E-state index contributed by atoms with van der Waals surface area (Å²) in [5.74, 6) is 0.478. The number of hydrogen-bond donors (Lipinski definition) is 3. The molecule has 4 aromatic rings. The predicted molar refractivity (Wildman–Crippen MR) is 161 cm³/mol. The zero-order chi connectivity index (χ0) is 31.1. The van der Waals surface area contributed by atoms with Crippen molar-refractivity contribution in [3.05, 3.63) is 92.4 Å². The van der Waals surface area contributed by atoms with Crippen LogP contribution in [0.5, 0.6) is 0 Å².